The van der Waals surface area contributed by atoms with Crippen molar-refractivity contribution in [3.63, 3.8) is 0 Å². The van der Waals surface area contributed by atoms with Gasteiger partial charge in [0.1, 0.15) is 17.9 Å². The van der Waals surface area contributed by atoms with Crippen LogP contribution >= 0.6 is 0 Å². The van der Waals surface area contributed by atoms with Gasteiger partial charge in [-0.3, -0.25) is 4.79 Å². The maximum Gasteiger partial charge on any atom is 0.322 e. The SMILES string of the molecule is CC(C)[C@H](NS(=O)(=O)C1=CC2Oc3cc(-c4nnn[nH]4)ccc3C2C=C1)C(=O)O. The summed E-state index contributed by atoms with van der Waals surface area (Å²) in [5, 5.41) is 22.9. The molecule has 2 aromatic rings. The summed E-state index contributed by atoms with van der Waals surface area (Å²) in [6, 6.07) is 4.33. The Morgan fingerprint density at radius 1 is 1.34 bits per heavy atom. The lowest BCUT2D eigenvalue weighted by atomic mass is 9.91. The van der Waals surface area contributed by atoms with E-state index in [1.165, 1.54) is 12.2 Å². The van der Waals surface area contributed by atoms with Crippen LogP contribution in [0.1, 0.15) is 25.3 Å². The summed E-state index contributed by atoms with van der Waals surface area (Å²) >= 11 is 0. The Kier molecular flexibility index (Phi) is 4.71. The van der Waals surface area contributed by atoms with E-state index >= 15 is 0 Å². The zero-order valence-electron chi connectivity index (χ0n) is 15.6. The minimum atomic E-state index is -4.01. The third kappa shape index (κ3) is 3.54. The maximum absolute atomic E-state index is 12.7. The molecule has 1 aliphatic heterocycles. The zero-order valence-corrected chi connectivity index (χ0v) is 16.4. The van der Waals surface area contributed by atoms with E-state index in [1.807, 2.05) is 12.1 Å². The Labute approximate surface area is 166 Å². The standard InChI is InChI=1S/C18H19N5O5S/c1-9(2)16(18(24)25)21-29(26,27)11-4-6-13-12-5-3-10(17-19-22-23-20-17)7-14(12)28-15(13)8-11/h3-9,13,15-16,21H,1-2H3,(H,24,25)(H,19,20,22,23)/t13?,15?,16-/m0/s1. The Balaban J connectivity index is 1.58. The number of sulfonamides is 1. The minimum Gasteiger partial charge on any atom is -0.485 e. The average molecular weight is 417 g/mol. The van der Waals surface area contributed by atoms with E-state index in [4.69, 9.17) is 4.74 Å². The van der Waals surface area contributed by atoms with Crippen molar-refractivity contribution in [2.75, 3.05) is 0 Å². The van der Waals surface area contributed by atoms with Gasteiger partial charge in [0.15, 0.2) is 5.82 Å². The lowest BCUT2D eigenvalue weighted by Gasteiger charge is -2.22. The molecule has 0 spiro atoms. The van der Waals surface area contributed by atoms with Gasteiger partial charge in [0.2, 0.25) is 10.0 Å². The maximum atomic E-state index is 12.7. The first-order valence-electron chi connectivity index (χ1n) is 8.96. The van der Waals surface area contributed by atoms with Crippen LogP contribution in [0.4, 0.5) is 0 Å². The predicted octanol–water partition coefficient (Wildman–Crippen LogP) is 1.19. The van der Waals surface area contributed by atoms with Crippen molar-refractivity contribution in [3.05, 3.63) is 46.9 Å². The van der Waals surface area contributed by atoms with E-state index in [-0.39, 0.29) is 10.8 Å². The Morgan fingerprint density at radius 2 is 2.14 bits per heavy atom. The Bertz CT molecular complexity index is 1110. The van der Waals surface area contributed by atoms with Gasteiger partial charge in [0.05, 0.1) is 4.91 Å². The second kappa shape index (κ2) is 7.08. The molecule has 4 rings (SSSR count). The van der Waals surface area contributed by atoms with Crippen molar-refractivity contribution in [1.29, 1.82) is 0 Å². The van der Waals surface area contributed by atoms with Gasteiger partial charge in [-0.25, -0.2) is 13.5 Å². The lowest BCUT2D eigenvalue weighted by molar-refractivity contribution is -0.140. The highest BCUT2D eigenvalue weighted by atomic mass is 32.2. The second-order valence-electron chi connectivity index (χ2n) is 7.22. The number of rotatable bonds is 6. The highest BCUT2D eigenvalue weighted by Gasteiger charge is 2.37. The van der Waals surface area contributed by atoms with Crippen LogP contribution in [0.25, 0.3) is 11.4 Å². The van der Waals surface area contributed by atoms with Crippen LogP contribution in [0, 0.1) is 5.92 Å². The van der Waals surface area contributed by atoms with Crippen molar-refractivity contribution < 1.29 is 23.1 Å². The number of nitrogens with one attached hydrogen (secondary N) is 2. The fraction of sp³-hybridized carbons (Fsp3) is 0.333. The van der Waals surface area contributed by atoms with Crippen LogP contribution in [0.5, 0.6) is 5.75 Å². The smallest absolute Gasteiger partial charge is 0.322 e. The molecule has 0 saturated carbocycles. The van der Waals surface area contributed by atoms with E-state index < -0.39 is 34.1 Å². The molecule has 10 nitrogen and oxygen atoms in total. The van der Waals surface area contributed by atoms with Crippen molar-refractivity contribution in [2.45, 2.75) is 31.9 Å². The molecule has 1 aliphatic carbocycles. The van der Waals surface area contributed by atoms with Gasteiger partial charge >= 0.3 is 5.97 Å². The van der Waals surface area contributed by atoms with Gasteiger partial charge < -0.3 is 9.84 Å². The number of fused-ring (bicyclic) bond motifs is 3. The van der Waals surface area contributed by atoms with Crippen LogP contribution in [0.3, 0.4) is 0 Å². The second-order valence-corrected chi connectivity index (χ2v) is 8.93. The summed E-state index contributed by atoms with van der Waals surface area (Å²) in [6.07, 6.45) is 4.23. The van der Waals surface area contributed by atoms with Gasteiger partial charge in [-0.2, -0.15) is 4.72 Å². The molecule has 1 aromatic heterocycles. The predicted molar refractivity (Wildman–Crippen MR) is 102 cm³/mol. The molecule has 0 bridgehead atoms. The number of ether oxygens (including phenoxy) is 1. The molecule has 1 aromatic carbocycles. The van der Waals surface area contributed by atoms with Crippen LogP contribution < -0.4 is 9.46 Å². The summed E-state index contributed by atoms with van der Waals surface area (Å²) in [5.41, 5.74) is 1.67. The molecule has 2 unspecified atom stereocenters. The summed E-state index contributed by atoms with van der Waals surface area (Å²) in [4.78, 5) is 11.3. The number of hydrogen-bond acceptors (Lipinski definition) is 7. The van der Waals surface area contributed by atoms with Gasteiger partial charge in [-0.1, -0.05) is 32.1 Å². The van der Waals surface area contributed by atoms with E-state index in [2.05, 4.69) is 25.3 Å². The van der Waals surface area contributed by atoms with Crippen LogP contribution in [-0.2, 0) is 14.8 Å². The van der Waals surface area contributed by atoms with Gasteiger partial charge in [-0.05, 0) is 34.6 Å². The number of nitrogens with zero attached hydrogens (tertiary/aromatic N) is 3. The topological polar surface area (TPSA) is 147 Å². The van der Waals surface area contributed by atoms with Crippen molar-refractivity contribution >= 4 is 16.0 Å². The van der Waals surface area contributed by atoms with Crippen molar-refractivity contribution in [1.82, 2.24) is 25.3 Å². The number of aromatic nitrogens is 4. The number of carbonyl (C=O) groups is 1. The first-order chi connectivity index (χ1) is 13.8. The highest BCUT2D eigenvalue weighted by molar-refractivity contribution is 7.93. The molecule has 2 heterocycles. The van der Waals surface area contributed by atoms with Crippen LogP contribution in [0.15, 0.2) is 41.3 Å². The first kappa shape index (κ1) is 19.3. The van der Waals surface area contributed by atoms with E-state index in [0.29, 0.717) is 11.6 Å². The van der Waals surface area contributed by atoms with Crippen molar-refractivity contribution in [2.24, 2.45) is 5.92 Å². The van der Waals surface area contributed by atoms with Crippen LogP contribution in [0.2, 0.25) is 0 Å². The molecule has 11 heteroatoms. The van der Waals surface area contributed by atoms with Gasteiger partial charge in [0, 0.05) is 17.0 Å². The van der Waals surface area contributed by atoms with Crippen molar-refractivity contribution in [3.8, 4) is 17.1 Å². The van der Waals surface area contributed by atoms with Gasteiger partial charge in [-0.15, -0.1) is 5.10 Å². The van der Waals surface area contributed by atoms with E-state index in [1.54, 1.807) is 26.0 Å². The number of tetrazole rings is 1. The van der Waals surface area contributed by atoms with E-state index in [9.17, 15) is 18.3 Å². The number of H-pyrrole nitrogens is 1. The number of hydrogen-bond donors (Lipinski definition) is 3. The number of aromatic amines is 1. The third-order valence-corrected chi connectivity index (χ3v) is 6.39. The fourth-order valence-electron chi connectivity index (χ4n) is 3.39. The molecule has 0 saturated heterocycles. The average Bonchev–Trinajstić information content (AvgIpc) is 3.32. The largest absolute Gasteiger partial charge is 0.485 e. The summed E-state index contributed by atoms with van der Waals surface area (Å²) in [7, 11) is -4.01. The Hall–Kier alpha value is -3.05. The molecule has 29 heavy (non-hydrogen) atoms. The fourth-order valence-corrected chi connectivity index (χ4v) is 4.80. The molecule has 0 radical (unpaired) electrons. The minimum absolute atomic E-state index is 0.0156. The zero-order chi connectivity index (χ0) is 20.8. The molecule has 3 N–H and O–H groups in total. The Morgan fingerprint density at radius 3 is 2.79 bits per heavy atom. The highest BCUT2D eigenvalue weighted by Crippen LogP contribution is 2.43. The third-order valence-electron chi connectivity index (χ3n) is 4.93. The van der Waals surface area contributed by atoms with Gasteiger partial charge in [0.25, 0.3) is 0 Å². The van der Waals surface area contributed by atoms with Crippen LogP contribution in [-0.4, -0.2) is 52.3 Å². The van der Waals surface area contributed by atoms with E-state index in [0.717, 1.165) is 11.1 Å². The number of aliphatic carboxylic acids is 1. The molecule has 3 atom stereocenters. The molecular weight excluding hydrogens is 398 g/mol. The summed E-state index contributed by atoms with van der Waals surface area (Å²) in [6.45, 7) is 3.28. The number of carboxylic acids is 1. The first-order valence-corrected chi connectivity index (χ1v) is 10.4. The molecule has 0 amide bonds. The molecule has 152 valence electrons. The summed E-state index contributed by atoms with van der Waals surface area (Å²) in [5.74, 6) is -0.642. The molecular formula is C18H19N5O5S. The number of allylic oxidation sites excluding steroid dienone is 1. The summed E-state index contributed by atoms with van der Waals surface area (Å²) < 4.78 is 33.6. The molecule has 2 aliphatic rings. The quantitative estimate of drug-likeness (QED) is 0.635. The number of benzene rings is 1. The number of carboxylic acid groups (broad SMARTS) is 1. The lowest BCUT2D eigenvalue weighted by Crippen LogP contribution is -2.44. The monoisotopic (exact) mass is 417 g/mol. The molecule has 0 fully saturated rings. The normalized spacial score (nSPS) is 21.3.